The lowest BCUT2D eigenvalue weighted by molar-refractivity contribution is -0.138. The maximum Gasteiger partial charge on any atom is 0.263 e. The van der Waals surface area contributed by atoms with Gasteiger partial charge in [0.1, 0.15) is 0 Å². The fraction of sp³-hybridized carbons (Fsp3) is 0.333. The normalized spacial score (nSPS) is 15.2. The number of piperazine rings is 1. The molecule has 0 radical (unpaired) electrons. The Hall–Kier alpha value is -3.42. The summed E-state index contributed by atoms with van der Waals surface area (Å²) >= 11 is 0. The van der Waals surface area contributed by atoms with Crippen LogP contribution >= 0.6 is 0 Å². The zero-order valence-corrected chi connectivity index (χ0v) is 16.6. The van der Waals surface area contributed by atoms with Crippen LogP contribution in [-0.2, 0) is 4.79 Å². The highest BCUT2D eigenvalue weighted by atomic mass is 16.5. The highest BCUT2D eigenvalue weighted by Gasteiger charge is 2.27. The molecule has 8 nitrogen and oxygen atoms in total. The summed E-state index contributed by atoms with van der Waals surface area (Å²) in [6.45, 7) is 6.33. The summed E-state index contributed by atoms with van der Waals surface area (Å²) in [6, 6.07) is 11.6. The standard InChI is InChI=1S/C21H24N6O2/c1-16-15-27(18-7-4-3-5-8-18)24-19(16)29-17(2)20(28)25-11-13-26(14-12-25)21-22-9-6-10-23-21/h3-10,15,17H,11-14H2,1-2H3/t17-/m0/s1. The fourth-order valence-electron chi connectivity index (χ4n) is 3.33. The summed E-state index contributed by atoms with van der Waals surface area (Å²) in [7, 11) is 0. The molecule has 0 bridgehead atoms. The van der Waals surface area contributed by atoms with Crippen LogP contribution in [0.1, 0.15) is 12.5 Å². The molecule has 1 fully saturated rings. The number of aryl methyl sites for hydroxylation is 1. The summed E-state index contributed by atoms with van der Waals surface area (Å²) in [5, 5.41) is 4.50. The summed E-state index contributed by atoms with van der Waals surface area (Å²) < 4.78 is 7.68. The Morgan fingerprint density at radius 2 is 1.72 bits per heavy atom. The van der Waals surface area contributed by atoms with Gasteiger partial charge in [-0.3, -0.25) is 4.79 Å². The van der Waals surface area contributed by atoms with Gasteiger partial charge < -0.3 is 14.5 Å². The van der Waals surface area contributed by atoms with Gasteiger partial charge >= 0.3 is 0 Å². The fourth-order valence-corrected chi connectivity index (χ4v) is 3.33. The monoisotopic (exact) mass is 392 g/mol. The Bertz CT molecular complexity index is 952. The summed E-state index contributed by atoms with van der Waals surface area (Å²) in [5.74, 6) is 1.14. The topological polar surface area (TPSA) is 76.4 Å². The first-order valence-corrected chi connectivity index (χ1v) is 9.71. The first-order chi connectivity index (χ1) is 14.1. The molecule has 1 aliphatic rings. The van der Waals surface area contributed by atoms with Crippen molar-refractivity contribution in [2.24, 2.45) is 0 Å². The van der Waals surface area contributed by atoms with Gasteiger partial charge in [0.2, 0.25) is 11.8 Å². The largest absolute Gasteiger partial charge is 0.463 e. The Morgan fingerprint density at radius 1 is 1.03 bits per heavy atom. The Kier molecular flexibility index (Phi) is 5.41. The van der Waals surface area contributed by atoms with Crippen LogP contribution in [0.25, 0.3) is 5.69 Å². The second-order valence-electron chi connectivity index (χ2n) is 7.02. The summed E-state index contributed by atoms with van der Waals surface area (Å²) in [6.07, 6.45) is 4.76. The van der Waals surface area contributed by atoms with Crippen molar-refractivity contribution in [1.29, 1.82) is 0 Å². The van der Waals surface area contributed by atoms with Crippen molar-refractivity contribution in [1.82, 2.24) is 24.6 Å². The Morgan fingerprint density at radius 3 is 2.41 bits per heavy atom. The molecule has 150 valence electrons. The SMILES string of the molecule is Cc1cn(-c2ccccc2)nc1O[C@@H](C)C(=O)N1CCN(c2ncccn2)CC1. The van der Waals surface area contributed by atoms with E-state index < -0.39 is 6.10 Å². The van der Waals surface area contributed by atoms with Crippen LogP contribution in [0.5, 0.6) is 5.88 Å². The van der Waals surface area contributed by atoms with Gasteiger partial charge in [0.15, 0.2) is 6.10 Å². The number of hydrogen-bond acceptors (Lipinski definition) is 6. The molecule has 4 rings (SSSR count). The van der Waals surface area contributed by atoms with E-state index in [1.165, 1.54) is 0 Å². The minimum atomic E-state index is -0.604. The van der Waals surface area contributed by atoms with E-state index in [1.54, 1.807) is 30.1 Å². The maximum absolute atomic E-state index is 12.9. The maximum atomic E-state index is 12.9. The van der Waals surface area contributed by atoms with Crippen LogP contribution < -0.4 is 9.64 Å². The van der Waals surface area contributed by atoms with Crippen molar-refractivity contribution >= 4 is 11.9 Å². The number of hydrogen-bond donors (Lipinski definition) is 0. The molecule has 0 saturated carbocycles. The van der Waals surface area contributed by atoms with Crippen LogP contribution in [0.2, 0.25) is 0 Å². The second kappa shape index (κ2) is 8.30. The second-order valence-corrected chi connectivity index (χ2v) is 7.02. The number of carbonyl (C=O) groups excluding carboxylic acids is 1. The van der Waals surface area contributed by atoms with Crippen LogP contribution in [0.15, 0.2) is 55.0 Å². The number of para-hydroxylation sites is 1. The van der Waals surface area contributed by atoms with Gasteiger partial charge in [-0.25, -0.2) is 14.6 Å². The molecule has 0 unspecified atom stereocenters. The molecular weight excluding hydrogens is 368 g/mol. The average Bonchev–Trinajstić information content (AvgIpc) is 3.14. The minimum absolute atomic E-state index is 0.0349. The highest BCUT2D eigenvalue weighted by Crippen LogP contribution is 2.20. The van der Waals surface area contributed by atoms with Crippen LogP contribution in [0, 0.1) is 6.92 Å². The number of aromatic nitrogens is 4. The molecular formula is C21H24N6O2. The van der Waals surface area contributed by atoms with E-state index in [4.69, 9.17) is 4.74 Å². The Balaban J connectivity index is 1.36. The average molecular weight is 392 g/mol. The number of benzene rings is 1. The molecule has 3 aromatic rings. The third kappa shape index (κ3) is 4.21. The molecule has 8 heteroatoms. The lowest BCUT2D eigenvalue weighted by Crippen LogP contribution is -2.52. The van der Waals surface area contributed by atoms with Gasteiger partial charge in [-0.05, 0) is 32.0 Å². The molecule has 0 spiro atoms. The van der Waals surface area contributed by atoms with E-state index in [-0.39, 0.29) is 5.91 Å². The zero-order chi connectivity index (χ0) is 20.2. The molecule has 2 aromatic heterocycles. The predicted molar refractivity (Wildman–Crippen MR) is 109 cm³/mol. The molecule has 1 aromatic carbocycles. The zero-order valence-electron chi connectivity index (χ0n) is 16.6. The van der Waals surface area contributed by atoms with Crippen LogP contribution in [0.4, 0.5) is 5.95 Å². The first-order valence-electron chi connectivity index (χ1n) is 9.71. The van der Waals surface area contributed by atoms with E-state index in [9.17, 15) is 4.79 Å². The minimum Gasteiger partial charge on any atom is -0.463 e. The Labute approximate surface area is 169 Å². The third-order valence-corrected chi connectivity index (χ3v) is 4.94. The van der Waals surface area contributed by atoms with E-state index >= 15 is 0 Å². The molecule has 0 aliphatic carbocycles. The van der Waals surface area contributed by atoms with Crippen LogP contribution in [0.3, 0.4) is 0 Å². The summed E-state index contributed by atoms with van der Waals surface area (Å²) in [4.78, 5) is 25.3. The highest BCUT2D eigenvalue weighted by molar-refractivity contribution is 5.81. The van der Waals surface area contributed by atoms with Crippen molar-refractivity contribution in [3.05, 3.63) is 60.6 Å². The number of carbonyl (C=O) groups is 1. The smallest absolute Gasteiger partial charge is 0.263 e. The van der Waals surface area contributed by atoms with Gasteiger partial charge in [0.25, 0.3) is 5.91 Å². The van der Waals surface area contributed by atoms with Gasteiger partial charge in [-0.15, -0.1) is 5.10 Å². The number of nitrogens with zero attached hydrogens (tertiary/aromatic N) is 6. The van der Waals surface area contributed by atoms with Crippen molar-refractivity contribution in [3.8, 4) is 11.6 Å². The lowest BCUT2D eigenvalue weighted by atomic mass is 10.2. The number of ether oxygens (including phenoxy) is 1. The van der Waals surface area contributed by atoms with E-state index in [1.807, 2.05) is 48.4 Å². The van der Waals surface area contributed by atoms with E-state index in [0.717, 1.165) is 11.3 Å². The van der Waals surface area contributed by atoms with Gasteiger partial charge in [0.05, 0.1) is 5.69 Å². The molecule has 0 N–H and O–H groups in total. The molecule has 1 amide bonds. The third-order valence-electron chi connectivity index (χ3n) is 4.94. The predicted octanol–water partition coefficient (Wildman–Crippen LogP) is 2.09. The number of anilines is 1. The van der Waals surface area contributed by atoms with Crippen molar-refractivity contribution < 1.29 is 9.53 Å². The lowest BCUT2D eigenvalue weighted by Gasteiger charge is -2.35. The van der Waals surface area contributed by atoms with Crippen molar-refractivity contribution in [3.63, 3.8) is 0 Å². The quantitative estimate of drug-likeness (QED) is 0.662. The van der Waals surface area contributed by atoms with Crippen molar-refractivity contribution in [2.75, 3.05) is 31.1 Å². The molecule has 1 aliphatic heterocycles. The first kappa shape index (κ1) is 18.9. The van der Waals surface area contributed by atoms with Crippen molar-refractivity contribution in [2.45, 2.75) is 20.0 Å². The van der Waals surface area contributed by atoms with Gasteiger partial charge in [-0.1, -0.05) is 18.2 Å². The number of amides is 1. The molecule has 1 atom stereocenters. The van der Waals surface area contributed by atoms with E-state index in [0.29, 0.717) is 38.0 Å². The van der Waals surface area contributed by atoms with E-state index in [2.05, 4.69) is 20.0 Å². The summed E-state index contributed by atoms with van der Waals surface area (Å²) in [5.41, 5.74) is 1.84. The molecule has 1 saturated heterocycles. The van der Waals surface area contributed by atoms with Gasteiger partial charge in [0, 0.05) is 50.3 Å². The molecule has 3 heterocycles. The van der Waals surface area contributed by atoms with Gasteiger partial charge in [-0.2, -0.15) is 0 Å². The van der Waals surface area contributed by atoms with Crippen LogP contribution in [-0.4, -0.2) is 62.8 Å². The molecule has 29 heavy (non-hydrogen) atoms. The number of rotatable bonds is 5.